The fourth-order valence-corrected chi connectivity index (χ4v) is 2.27. The molecule has 0 aliphatic carbocycles. The van der Waals surface area contributed by atoms with Crippen molar-refractivity contribution >= 4 is 0 Å². The third-order valence-electron chi connectivity index (χ3n) is 3.38. The molecule has 1 aromatic heterocycles. The maximum atomic E-state index is 5.33. The molecule has 0 bridgehead atoms. The Kier molecular flexibility index (Phi) is 5.72. The molecular formula is C17H22N2O2. The van der Waals surface area contributed by atoms with Crippen molar-refractivity contribution in [2.75, 3.05) is 20.8 Å². The molecule has 2 rings (SSSR count). The quantitative estimate of drug-likeness (QED) is 0.849. The van der Waals surface area contributed by atoms with Crippen molar-refractivity contribution in [3.8, 4) is 5.88 Å². The van der Waals surface area contributed by atoms with E-state index in [9.17, 15) is 0 Å². The third kappa shape index (κ3) is 4.28. The summed E-state index contributed by atoms with van der Waals surface area (Å²) >= 11 is 0. The number of rotatable bonds is 7. The Balaban J connectivity index is 2.12. The van der Waals surface area contributed by atoms with Crippen LogP contribution >= 0.6 is 0 Å². The van der Waals surface area contributed by atoms with E-state index in [-0.39, 0.29) is 12.1 Å². The summed E-state index contributed by atoms with van der Waals surface area (Å²) < 4.78 is 10.5. The van der Waals surface area contributed by atoms with Gasteiger partial charge >= 0.3 is 0 Å². The summed E-state index contributed by atoms with van der Waals surface area (Å²) in [5, 5.41) is 3.56. The lowest BCUT2D eigenvalue weighted by atomic mass is 10.1. The average molecular weight is 286 g/mol. The minimum Gasteiger partial charge on any atom is -0.481 e. The van der Waals surface area contributed by atoms with Crippen molar-refractivity contribution in [1.29, 1.82) is 0 Å². The van der Waals surface area contributed by atoms with Gasteiger partial charge in [-0.2, -0.15) is 0 Å². The smallest absolute Gasteiger partial charge is 0.213 e. The number of hydrogen-bond donors (Lipinski definition) is 1. The van der Waals surface area contributed by atoms with E-state index in [1.807, 2.05) is 36.4 Å². The van der Waals surface area contributed by atoms with Gasteiger partial charge in [-0.3, -0.25) is 5.32 Å². The molecular weight excluding hydrogens is 264 g/mol. The molecule has 112 valence electrons. The van der Waals surface area contributed by atoms with E-state index in [0.29, 0.717) is 12.5 Å². The van der Waals surface area contributed by atoms with E-state index in [0.717, 1.165) is 5.69 Å². The van der Waals surface area contributed by atoms with Gasteiger partial charge in [0, 0.05) is 19.2 Å². The minimum absolute atomic E-state index is 0.0976. The number of nitrogens with one attached hydrogen (secondary N) is 1. The van der Waals surface area contributed by atoms with Gasteiger partial charge in [0.15, 0.2) is 0 Å². The summed E-state index contributed by atoms with van der Waals surface area (Å²) in [7, 11) is 3.34. The maximum Gasteiger partial charge on any atom is 0.213 e. The molecule has 2 aromatic rings. The van der Waals surface area contributed by atoms with Gasteiger partial charge < -0.3 is 9.47 Å². The first-order valence-electron chi connectivity index (χ1n) is 7.05. The maximum absolute atomic E-state index is 5.33. The predicted molar refractivity (Wildman–Crippen MR) is 83.4 cm³/mol. The molecule has 0 radical (unpaired) electrons. The van der Waals surface area contributed by atoms with E-state index in [4.69, 9.17) is 9.47 Å². The van der Waals surface area contributed by atoms with Crippen LogP contribution in [0.4, 0.5) is 0 Å². The predicted octanol–water partition coefficient (Wildman–Crippen LogP) is 3.13. The van der Waals surface area contributed by atoms with Crippen LogP contribution in [0.2, 0.25) is 0 Å². The zero-order chi connectivity index (χ0) is 15.1. The molecule has 1 heterocycles. The van der Waals surface area contributed by atoms with Crippen LogP contribution in [0, 0.1) is 0 Å². The lowest BCUT2D eigenvalue weighted by molar-refractivity contribution is 0.161. The highest BCUT2D eigenvalue weighted by atomic mass is 16.5. The summed E-state index contributed by atoms with van der Waals surface area (Å²) in [6.45, 7) is 2.70. The molecule has 0 saturated carbocycles. The molecule has 0 fully saturated rings. The van der Waals surface area contributed by atoms with Gasteiger partial charge in [0.1, 0.15) is 0 Å². The van der Waals surface area contributed by atoms with E-state index in [1.165, 1.54) is 5.56 Å². The lowest BCUT2D eigenvalue weighted by Gasteiger charge is -2.23. The van der Waals surface area contributed by atoms with Crippen molar-refractivity contribution in [1.82, 2.24) is 10.3 Å². The zero-order valence-corrected chi connectivity index (χ0v) is 12.7. The van der Waals surface area contributed by atoms with Gasteiger partial charge in [0.2, 0.25) is 5.88 Å². The molecule has 4 heteroatoms. The Morgan fingerprint density at radius 3 is 2.48 bits per heavy atom. The molecule has 1 aromatic carbocycles. The van der Waals surface area contributed by atoms with Gasteiger partial charge in [0.25, 0.3) is 0 Å². The second-order valence-corrected chi connectivity index (χ2v) is 4.91. The molecule has 2 atom stereocenters. The first-order chi connectivity index (χ1) is 10.2. The van der Waals surface area contributed by atoms with Crippen molar-refractivity contribution in [3.05, 3.63) is 59.8 Å². The van der Waals surface area contributed by atoms with E-state index < -0.39 is 0 Å². The fourth-order valence-electron chi connectivity index (χ4n) is 2.27. The van der Waals surface area contributed by atoms with Crippen molar-refractivity contribution in [3.63, 3.8) is 0 Å². The van der Waals surface area contributed by atoms with Crippen molar-refractivity contribution in [2.24, 2.45) is 0 Å². The number of methoxy groups -OCH3 is 2. The third-order valence-corrected chi connectivity index (χ3v) is 3.38. The summed E-state index contributed by atoms with van der Waals surface area (Å²) in [5.41, 5.74) is 2.15. The highest BCUT2D eigenvalue weighted by Crippen LogP contribution is 2.20. The van der Waals surface area contributed by atoms with E-state index in [1.54, 1.807) is 14.2 Å². The number of nitrogens with zero attached hydrogens (tertiary/aromatic N) is 1. The topological polar surface area (TPSA) is 43.4 Å². The first kappa shape index (κ1) is 15.5. The molecule has 21 heavy (non-hydrogen) atoms. The normalized spacial score (nSPS) is 13.7. The van der Waals surface area contributed by atoms with Crippen LogP contribution in [0.3, 0.4) is 0 Å². The standard InChI is InChI=1S/C17H22N2O2/c1-13(15-10-7-11-17(19-15)21-3)18-16(12-20-2)14-8-5-4-6-9-14/h4-11,13,16,18H,12H2,1-3H3. The molecule has 4 nitrogen and oxygen atoms in total. The Labute approximate surface area is 126 Å². The lowest BCUT2D eigenvalue weighted by Crippen LogP contribution is -2.28. The monoisotopic (exact) mass is 286 g/mol. The molecule has 0 spiro atoms. The largest absolute Gasteiger partial charge is 0.481 e. The van der Waals surface area contributed by atoms with Gasteiger partial charge in [-0.15, -0.1) is 0 Å². The van der Waals surface area contributed by atoms with Gasteiger partial charge in [-0.25, -0.2) is 4.98 Å². The van der Waals surface area contributed by atoms with Crippen LogP contribution in [-0.4, -0.2) is 25.8 Å². The number of hydrogen-bond acceptors (Lipinski definition) is 4. The minimum atomic E-state index is 0.0976. The highest BCUT2D eigenvalue weighted by Gasteiger charge is 2.16. The first-order valence-corrected chi connectivity index (χ1v) is 7.05. The SMILES string of the molecule is COCC(NC(C)c1cccc(OC)n1)c1ccccc1. The second-order valence-electron chi connectivity index (χ2n) is 4.91. The Bertz CT molecular complexity index is 545. The van der Waals surface area contributed by atoms with Crippen LogP contribution in [0.15, 0.2) is 48.5 Å². The summed E-state index contributed by atoms with van der Waals surface area (Å²) in [6.07, 6.45) is 0. The van der Waals surface area contributed by atoms with Crippen LogP contribution in [0.5, 0.6) is 5.88 Å². The van der Waals surface area contributed by atoms with Gasteiger partial charge in [-0.1, -0.05) is 36.4 Å². The summed E-state index contributed by atoms with van der Waals surface area (Å²) in [6, 6.07) is 16.3. The summed E-state index contributed by atoms with van der Waals surface area (Å²) in [5.74, 6) is 0.629. The van der Waals surface area contributed by atoms with Gasteiger partial charge in [0.05, 0.1) is 25.5 Å². The molecule has 0 aliphatic heterocycles. The van der Waals surface area contributed by atoms with Crippen molar-refractivity contribution in [2.45, 2.75) is 19.0 Å². The zero-order valence-electron chi connectivity index (χ0n) is 12.7. The number of ether oxygens (including phenoxy) is 2. The molecule has 2 unspecified atom stereocenters. The van der Waals surface area contributed by atoms with Crippen LogP contribution < -0.4 is 10.1 Å². The molecule has 0 saturated heterocycles. The number of benzene rings is 1. The van der Waals surface area contributed by atoms with Crippen LogP contribution in [0.25, 0.3) is 0 Å². The molecule has 0 amide bonds. The van der Waals surface area contributed by atoms with E-state index in [2.05, 4.69) is 29.4 Å². The van der Waals surface area contributed by atoms with Crippen molar-refractivity contribution < 1.29 is 9.47 Å². The van der Waals surface area contributed by atoms with Crippen LogP contribution in [0.1, 0.15) is 30.3 Å². The Morgan fingerprint density at radius 2 is 1.81 bits per heavy atom. The Morgan fingerprint density at radius 1 is 1.05 bits per heavy atom. The molecule has 0 aliphatic rings. The Hall–Kier alpha value is -1.91. The average Bonchev–Trinajstić information content (AvgIpc) is 2.55. The van der Waals surface area contributed by atoms with E-state index >= 15 is 0 Å². The van der Waals surface area contributed by atoms with Gasteiger partial charge in [-0.05, 0) is 18.6 Å². The molecule has 1 N–H and O–H groups in total. The number of pyridine rings is 1. The fraction of sp³-hybridized carbons (Fsp3) is 0.353. The highest BCUT2D eigenvalue weighted by molar-refractivity contribution is 5.21. The second kappa shape index (κ2) is 7.76. The van der Waals surface area contributed by atoms with Crippen LogP contribution in [-0.2, 0) is 4.74 Å². The summed E-state index contributed by atoms with van der Waals surface area (Å²) in [4.78, 5) is 4.47. The number of aromatic nitrogens is 1.